The highest BCUT2D eigenvalue weighted by molar-refractivity contribution is 7.22. The fourth-order valence-corrected chi connectivity index (χ4v) is 6.80. The van der Waals surface area contributed by atoms with E-state index in [1.165, 1.54) is 28.2 Å². The standard InChI is InChI=1S/C24H20ClN3O2S2/c25-20-16-8-4-5-9-17(16)31-21(20)23(30)27-24-19(22(26)29)15-10-11-28(13-18(15)32-24)12-14-6-2-1-3-7-14/h1-9H,10-13H2,(H2,26,29)(H,27,30). The van der Waals surface area contributed by atoms with E-state index in [9.17, 15) is 9.59 Å². The summed E-state index contributed by atoms with van der Waals surface area (Å²) in [6, 6.07) is 17.9. The molecule has 1 aliphatic rings. The number of nitrogens with two attached hydrogens (primary N) is 1. The molecule has 0 saturated heterocycles. The second-order valence-electron chi connectivity index (χ2n) is 7.71. The minimum atomic E-state index is -0.517. The van der Waals surface area contributed by atoms with Crippen molar-refractivity contribution in [1.82, 2.24) is 4.90 Å². The first-order chi connectivity index (χ1) is 15.5. The molecule has 2 amide bonds. The Bertz CT molecular complexity index is 1330. The summed E-state index contributed by atoms with van der Waals surface area (Å²) in [6.07, 6.45) is 0.719. The predicted molar refractivity (Wildman–Crippen MR) is 132 cm³/mol. The summed E-state index contributed by atoms with van der Waals surface area (Å²) in [6.45, 7) is 2.38. The van der Waals surface area contributed by atoms with Crippen LogP contribution in [-0.2, 0) is 19.5 Å². The lowest BCUT2D eigenvalue weighted by atomic mass is 10.0. The number of nitrogens with zero attached hydrogens (tertiary/aromatic N) is 1. The van der Waals surface area contributed by atoms with Gasteiger partial charge < -0.3 is 11.1 Å². The fourth-order valence-electron chi connectivity index (χ4n) is 4.10. The van der Waals surface area contributed by atoms with Crippen molar-refractivity contribution in [1.29, 1.82) is 0 Å². The van der Waals surface area contributed by atoms with Gasteiger partial charge in [0.2, 0.25) is 0 Å². The third-order valence-electron chi connectivity index (χ3n) is 5.60. The number of carbonyl (C=O) groups is 2. The maximum Gasteiger partial charge on any atom is 0.267 e. The molecule has 0 unspecified atom stereocenters. The Balaban J connectivity index is 1.42. The highest BCUT2D eigenvalue weighted by Gasteiger charge is 2.28. The molecule has 3 heterocycles. The van der Waals surface area contributed by atoms with E-state index in [0.29, 0.717) is 27.0 Å². The number of hydrogen-bond donors (Lipinski definition) is 2. The summed E-state index contributed by atoms with van der Waals surface area (Å²) >= 11 is 9.24. The molecule has 2 aromatic carbocycles. The normalized spacial score (nSPS) is 13.8. The molecule has 0 radical (unpaired) electrons. The zero-order chi connectivity index (χ0) is 22.2. The number of rotatable bonds is 5. The van der Waals surface area contributed by atoms with Gasteiger partial charge in [0.05, 0.1) is 10.6 Å². The first kappa shape index (κ1) is 21.2. The van der Waals surface area contributed by atoms with Gasteiger partial charge in [0.25, 0.3) is 11.8 Å². The Kier molecular flexibility index (Phi) is 5.73. The van der Waals surface area contributed by atoms with Crippen molar-refractivity contribution in [2.24, 2.45) is 5.73 Å². The summed E-state index contributed by atoms with van der Waals surface area (Å²) in [5, 5.41) is 4.70. The monoisotopic (exact) mass is 481 g/mol. The number of nitrogens with one attached hydrogen (secondary N) is 1. The highest BCUT2D eigenvalue weighted by Crippen LogP contribution is 2.39. The molecule has 8 heteroatoms. The van der Waals surface area contributed by atoms with Crippen molar-refractivity contribution in [3.63, 3.8) is 0 Å². The topological polar surface area (TPSA) is 75.4 Å². The van der Waals surface area contributed by atoms with E-state index in [-0.39, 0.29) is 5.91 Å². The Labute approximate surface area is 198 Å². The Morgan fingerprint density at radius 3 is 2.56 bits per heavy atom. The SMILES string of the molecule is NC(=O)c1c(NC(=O)c2sc3ccccc3c2Cl)sc2c1CCN(Cc1ccccc1)C2. The molecule has 162 valence electrons. The molecule has 0 aliphatic carbocycles. The van der Waals surface area contributed by atoms with Gasteiger partial charge in [-0.2, -0.15) is 0 Å². The molecule has 3 N–H and O–H groups in total. The molecule has 4 aromatic rings. The summed E-state index contributed by atoms with van der Waals surface area (Å²) in [5.41, 5.74) is 8.35. The Morgan fingerprint density at radius 2 is 1.81 bits per heavy atom. The fraction of sp³-hybridized carbons (Fsp3) is 0.167. The van der Waals surface area contributed by atoms with Crippen LogP contribution in [0.4, 0.5) is 5.00 Å². The summed E-state index contributed by atoms with van der Waals surface area (Å²) in [5.74, 6) is -0.838. The zero-order valence-corrected chi connectivity index (χ0v) is 19.4. The minimum absolute atomic E-state index is 0.321. The van der Waals surface area contributed by atoms with Crippen LogP contribution in [0.5, 0.6) is 0 Å². The molecule has 0 saturated carbocycles. The molecule has 5 rings (SSSR count). The first-order valence-corrected chi connectivity index (χ1v) is 12.2. The Hall–Kier alpha value is -2.71. The van der Waals surface area contributed by atoms with Crippen LogP contribution < -0.4 is 11.1 Å². The lowest BCUT2D eigenvalue weighted by Crippen LogP contribution is -2.30. The number of amides is 2. The van der Waals surface area contributed by atoms with Crippen LogP contribution in [0.3, 0.4) is 0 Å². The first-order valence-electron chi connectivity index (χ1n) is 10.2. The maximum absolute atomic E-state index is 13.1. The second-order valence-corrected chi connectivity index (χ2v) is 10.2. The van der Waals surface area contributed by atoms with Gasteiger partial charge in [-0.1, -0.05) is 60.1 Å². The third-order valence-corrected chi connectivity index (χ3v) is 8.41. The largest absolute Gasteiger partial charge is 0.365 e. The molecule has 0 fully saturated rings. The summed E-state index contributed by atoms with van der Waals surface area (Å²) < 4.78 is 0.944. The molecule has 5 nitrogen and oxygen atoms in total. The van der Waals surface area contributed by atoms with Crippen LogP contribution in [-0.4, -0.2) is 23.3 Å². The van der Waals surface area contributed by atoms with E-state index in [2.05, 4.69) is 22.3 Å². The van der Waals surface area contributed by atoms with Crippen molar-refractivity contribution in [2.45, 2.75) is 19.5 Å². The van der Waals surface area contributed by atoms with Gasteiger partial charge in [0, 0.05) is 34.6 Å². The Morgan fingerprint density at radius 1 is 1.06 bits per heavy atom. The van der Waals surface area contributed by atoms with Gasteiger partial charge in [-0.15, -0.1) is 22.7 Å². The molecule has 32 heavy (non-hydrogen) atoms. The van der Waals surface area contributed by atoms with Crippen LogP contribution in [0.25, 0.3) is 10.1 Å². The molecule has 0 atom stereocenters. The van der Waals surface area contributed by atoms with Crippen molar-refractivity contribution in [3.8, 4) is 0 Å². The van der Waals surface area contributed by atoms with Crippen molar-refractivity contribution < 1.29 is 9.59 Å². The average molecular weight is 482 g/mol. The number of halogens is 1. The van der Waals surface area contributed by atoms with Crippen LogP contribution in [0, 0.1) is 0 Å². The molecular formula is C24H20ClN3O2S2. The number of benzene rings is 2. The summed E-state index contributed by atoms with van der Waals surface area (Å²) in [4.78, 5) is 29.2. The third kappa shape index (κ3) is 3.93. The molecule has 0 bridgehead atoms. The smallest absolute Gasteiger partial charge is 0.267 e. The van der Waals surface area contributed by atoms with Crippen LogP contribution in [0.2, 0.25) is 5.02 Å². The highest BCUT2D eigenvalue weighted by atomic mass is 35.5. The molecular weight excluding hydrogens is 462 g/mol. The van der Waals surface area contributed by atoms with Crippen LogP contribution in [0.1, 0.15) is 36.0 Å². The van der Waals surface area contributed by atoms with Gasteiger partial charge >= 0.3 is 0 Å². The van der Waals surface area contributed by atoms with E-state index < -0.39 is 5.91 Å². The number of primary amides is 1. The predicted octanol–water partition coefficient (Wildman–Crippen LogP) is 5.53. The number of fused-ring (bicyclic) bond motifs is 2. The summed E-state index contributed by atoms with van der Waals surface area (Å²) in [7, 11) is 0. The number of hydrogen-bond acceptors (Lipinski definition) is 5. The van der Waals surface area contributed by atoms with E-state index in [4.69, 9.17) is 17.3 Å². The van der Waals surface area contributed by atoms with E-state index in [1.54, 1.807) is 0 Å². The van der Waals surface area contributed by atoms with Crippen molar-refractivity contribution in [3.05, 3.63) is 86.1 Å². The van der Waals surface area contributed by atoms with Crippen molar-refractivity contribution in [2.75, 3.05) is 11.9 Å². The molecule has 1 aliphatic heterocycles. The van der Waals surface area contributed by atoms with E-state index >= 15 is 0 Å². The number of anilines is 1. The van der Waals surface area contributed by atoms with E-state index in [1.807, 2.05) is 42.5 Å². The van der Waals surface area contributed by atoms with Crippen molar-refractivity contribution >= 4 is 61.2 Å². The van der Waals surface area contributed by atoms with Gasteiger partial charge in [0.1, 0.15) is 9.88 Å². The average Bonchev–Trinajstić information content (AvgIpc) is 3.31. The van der Waals surface area contributed by atoms with Crippen LogP contribution in [0.15, 0.2) is 54.6 Å². The maximum atomic E-state index is 13.1. The van der Waals surface area contributed by atoms with Gasteiger partial charge in [-0.05, 0) is 23.6 Å². The van der Waals surface area contributed by atoms with Crippen LogP contribution >= 0.6 is 34.3 Å². The molecule has 0 spiro atoms. The lowest BCUT2D eigenvalue weighted by Gasteiger charge is -2.27. The minimum Gasteiger partial charge on any atom is -0.365 e. The molecule has 2 aromatic heterocycles. The van der Waals surface area contributed by atoms with Gasteiger partial charge in [0.15, 0.2) is 0 Å². The number of thiophene rings is 2. The van der Waals surface area contributed by atoms with E-state index in [0.717, 1.165) is 40.0 Å². The number of carbonyl (C=O) groups excluding carboxylic acids is 2. The quantitative estimate of drug-likeness (QED) is 0.393. The van der Waals surface area contributed by atoms with Gasteiger partial charge in [-0.25, -0.2) is 0 Å². The van der Waals surface area contributed by atoms with Gasteiger partial charge in [-0.3, -0.25) is 14.5 Å². The second kappa shape index (κ2) is 8.67. The lowest BCUT2D eigenvalue weighted by molar-refractivity contribution is 0.0999. The zero-order valence-electron chi connectivity index (χ0n) is 17.1.